The highest BCUT2D eigenvalue weighted by Gasteiger charge is 2.12. The van der Waals surface area contributed by atoms with E-state index >= 15 is 0 Å². The first kappa shape index (κ1) is 18.6. The molecule has 0 aliphatic heterocycles. The first-order valence-corrected chi connectivity index (χ1v) is 9.24. The van der Waals surface area contributed by atoms with Crippen LogP contribution in [0.1, 0.15) is 36.2 Å². The van der Waals surface area contributed by atoms with Crippen molar-refractivity contribution in [1.29, 1.82) is 0 Å². The van der Waals surface area contributed by atoms with Gasteiger partial charge in [0.2, 0.25) is 5.91 Å². The molecule has 0 aromatic heterocycles. The van der Waals surface area contributed by atoms with Crippen molar-refractivity contribution >= 4 is 28.3 Å². The number of carbonyl (C=O) groups excluding carboxylic acids is 2. The summed E-state index contributed by atoms with van der Waals surface area (Å²) in [5.41, 5.74) is 2.34. The summed E-state index contributed by atoms with van der Waals surface area (Å²) in [5, 5.41) is 7.87. The van der Waals surface area contributed by atoms with Crippen molar-refractivity contribution in [2.45, 2.75) is 26.8 Å². The second-order valence-electron chi connectivity index (χ2n) is 6.71. The molecule has 27 heavy (non-hydrogen) atoms. The van der Waals surface area contributed by atoms with Gasteiger partial charge >= 0.3 is 0 Å². The normalized spacial score (nSPS) is 11.8. The van der Waals surface area contributed by atoms with Crippen molar-refractivity contribution < 1.29 is 9.59 Å². The first-order chi connectivity index (χ1) is 13.1. The Labute approximate surface area is 159 Å². The van der Waals surface area contributed by atoms with Crippen LogP contribution in [0, 0.1) is 5.92 Å². The van der Waals surface area contributed by atoms with Crippen LogP contribution in [-0.4, -0.2) is 11.8 Å². The minimum absolute atomic E-state index is 0.00874. The Balaban J connectivity index is 1.68. The number of amides is 2. The Morgan fingerprint density at radius 2 is 1.70 bits per heavy atom. The number of rotatable bonds is 6. The molecule has 0 fully saturated rings. The van der Waals surface area contributed by atoms with Crippen molar-refractivity contribution in [2.24, 2.45) is 5.92 Å². The lowest BCUT2D eigenvalue weighted by Gasteiger charge is -2.12. The number of nitrogens with one attached hydrogen (secondary N) is 2. The summed E-state index contributed by atoms with van der Waals surface area (Å²) in [6, 6.07) is 21.1. The fourth-order valence-corrected chi connectivity index (χ4v) is 2.91. The monoisotopic (exact) mass is 360 g/mol. The maximum absolute atomic E-state index is 12.6. The summed E-state index contributed by atoms with van der Waals surface area (Å²) in [5.74, 6) is -0.130. The molecule has 0 bridgehead atoms. The summed E-state index contributed by atoms with van der Waals surface area (Å²) >= 11 is 0. The van der Waals surface area contributed by atoms with E-state index < -0.39 is 0 Å². The third-order valence-corrected chi connectivity index (χ3v) is 4.74. The highest BCUT2D eigenvalue weighted by molar-refractivity contribution is 6.07. The molecule has 2 amide bonds. The van der Waals surface area contributed by atoms with E-state index in [1.54, 1.807) is 0 Å². The maximum atomic E-state index is 12.6. The number of anilines is 1. The van der Waals surface area contributed by atoms with Gasteiger partial charge in [0.15, 0.2) is 0 Å². The first-order valence-electron chi connectivity index (χ1n) is 9.24. The molecule has 2 N–H and O–H groups in total. The molecule has 138 valence electrons. The fourth-order valence-electron chi connectivity index (χ4n) is 2.91. The Hall–Kier alpha value is -3.14. The lowest BCUT2D eigenvalue weighted by molar-refractivity contribution is -0.119. The SMILES string of the molecule is CCC(C)C(=O)Nc1cccc(CNC(=O)c2cccc3ccccc23)c1. The van der Waals surface area contributed by atoms with Gasteiger partial charge < -0.3 is 10.6 Å². The van der Waals surface area contributed by atoms with Gasteiger partial charge in [-0.05, 0) is 41.0 Å². The van der Waals surface area contributed by atoms with Crippen LogP contribution in [-0.2, 0) is 11.3 Å². The van der Waals surface area contributed by atoms with Crippen LogP contribution in [0.2, 0.25) is 0 Å². The lowest BCUT2D eigenvalue weighted by Crippen LogP contribution is -2.23. The van der Waals surface area contributed by atoms with Crippen LogP contribution < -0.4 is 10.6 Å². The van der Waals surface area contributed by atoms with Gasteiger partial charge in [-0.15, -0.1) is 0 Å². The topological polar surface area (TPSA) is 58.2 Å². The second-order valence-corrected chi connectivity index (χ2v) is 6.71. The van der Waals surface area contributed by atoms with E-state index in [1.807, 2.05) is 80.6 Å². The Morgan fingerprint density at radius 1 is 0.963 bits per heavy atom. The molecular formula is C23H24N2O2. The van der Waals surface area contributed by atoms with Crippen molar-refractivity contribution in [1.82, 2.24) is 5.32 Å². The van der Waals surface area contributed by atoms with Crippen LogP contribution >= 0.6 is 0 Å². The zero-order chi connectivity index (χ0) is 19.2. The summed E-state index contributed by atoms with van der Waals surface area (Å²) < 4.78 is 0. The predicted molar refractivity (Wildman–Crippen MR) is 110 cm³/mol. The zero-order valence-electron chi connectivity index (χ0n) is 15.7. The number of carbonyl (C=O) groups is 2. The van der Waals surface area contributed by atoms with Gasteiger partial charge in [-0.2, -0.15) is 0 Å². The van der Waals surface area contributed by atoms with Crippen molar-refractivity contribution in [3.8, 4) is 0 Å². The molecule has 3 aromatic rings. The lowest BCUT2D eigenvalue weighted by atomic mass is 10.0. The molecule has 1 atom stereocenters. The van der Waals surface area contributed by atoms with Crippen LogP contribution in [0.3, 0.4) is 0 Å². The molecule has 4 nitrogen and oxygen atoms in total. The molecule has 1 unspecified atom stereocenters. The van der Waals surface area contributed by atoms with Gasteiger partial charge in [0.25, 0.3) is 5.91 Å². The third-order valence-electron chi connectivity index (χ3n) is 4.74. The van der Waals surface area contributed by atoms with Gasteiger partial charge in [0.1, 0.15) is 0 Å². The molecule has 3 rings (SSSR count). The summed E-state index contributed by atoms with van der Waals surface area (Å²) in [6.07, 6.45) is 0.798. The van der Waals surface area contributed by atoms with E-state index in [2.05, 4.69) is 10.6 Å². The van der Waals surface area contributed by atoms with E-state index in [-0.39, 0.29) is 17.7 Å². The fraction of sp³-hybridized carbons (Fsp3) is 0.217. The van der Waals surface area contributed by atoms with Crippen molar-refractivity contribution in [3.63, 3.8) is 0 Å². The Bertz CT molecular complexity index is 960. The highest BCUT2D eigenvalue weighted by atomic mass is 16.2. The second kappa shape index (κ2) is 8.49. The molecule has 0 heterocycles. The molecule has 4 heteroatoms. The Kier molecular flexibility index (Phi) is 5.87. The molecular weight excluding hydrogens is 336 g/mol. The van der Waals surface area contributed by atoms with E-state index in [4.69, 9.17) is 0 Å². The molecule has 0 saturated heterocycles. The molecule has 0 radical (unpaired) electrons. The molecule has 3 aromatic carbocycles. The van der Waals surface area contributed by atoms with Crippen LogP contribution in [0.25, 0.3) is 10.8 Å². The predicted octanol–water partition coefficient (Wildman–Crippen LogP) is 4.75. The Morgan fingerprint density at radius 3 is 2.52 bits per heavy atom. The van der Waals surface area contributed by atoms with E-state index in [1.165, 1.54) is 0 Å². The smallest absolute Gasteiger partial charge is 0.252 e. The number of fused-ring (bicyclic) bond motifs is 1. The van der Waals surface area contributed by atoms with E-state index in [9.17, 15) is 9.59 Å². The van der Waals surface area contributed by atoms with Crippen LogP contribution in [0.4, 0.5) is 5.69 Å². The van der Waals surface area contributed by atoms with Gasteiger partial charge in [-0.1, -0.05) is 62.4 Å². The third kappa shape index (κ3) is 4.53. The minimum atomic E-state index is -0.110. The summed E-state index contributed by atoms with van der Waals surface area (Å²) in [4.78, 5) is 24.7. The van der Waals surface area contributed by atoms with Crippen molar-refractivity contribution in [2.75, 3.05) is 5.32 Å². The van der Waals surface area contributed by atoms with E-state index in [0.717, 1.165) is 28.4 Å². The highest BCUT2D eigenvalue weighted by Crippen LogP contribution is 2.19. The van der Waals surface area contributed by atoms with E-state index in [0.29, 0.717) is 12.1 Å². The van der Waals surface area contributed by atoms with Gasteiger partial charge in [-0.25, -0.2) is 0 Å². The van der Waals surface area contributed by atoms with Crippen LogP contribution in [0.5, 0.6) is 0 Å². The molecule has 0 spiro atoms. The molecule has 0 aliphatic rings. The summed E-state index contributed by atoms with van der Waals surface area (Å²) in [7, 11) is 0. The standard InChI is InChI=1S/C23H24N2O2/c1-3-16(2)22(26)25-19-11-6-8-17(14-19)15-24-23(27)21-13-7-10-18-9-4-5-12-20(18)21/h4-14,16H,3,15H2,1-2H3,(H,24,27)(H,25,26). The quantitative estimate of drug-likeness (QED) is 0.666. The van der Waals surface area contributed by atoms with Gasteiger partial charge in [-0.3, -0.25) is 9.59 Å². The van der Waals surface area contributed by atoms with Gasteiger partial charge in [0, 0.05) is 23.7 Å². The minimum Gasteiger partial charge on any atom is -0.348 e. The maximum Gasteiger partial charge on any atom is 0.252 e. The number of hydrogen-bond donors (Lipinski definition) is 2. The number of benzene rings is 3. The zero-order valence-corrected chi connectivity index (χ0v) is 15.7. The van der Waals surface area contributed by atoms with Gasteiger partial charge in [0.05, 0.1) is 0 Å². The average molecular weight is 360 g/mol. The summed E-state index contributed by atoms with van der Waals surface area (Å²) in [6.45, 7) is 4.29. The van der Waals surface area contributed by atoms with Crippen molar-refractivity contribution in [3.05, 3.63) is 77.9 Å². The largest absolute Gasteiger partial charge is 0.348 e. The number of hydrogen-bond acceptors (Lipinski definition) is 2. The average Bonchev–Trinajstić information content (AvgIpc) is 2.71. The molecule has 0 aliphatic carbocycles. The molecule has 0 saturated carbocycles. The van der Waals surface area contributed by atoms with Crippen LogP contribution in [0.15, 0.2) is 66.7 Å².